The van der Waals surface area contributed by atoms with Gasteiger partial charge in [-0.2, -0.15) is 4.98 Å². The van der Waals surface area contributed by atoms with Crippen LogP contribution in [0.1, 0.15) is 37.8 Å². The highest BCUT2D eigenvalue weighted by atomic mass is 35.5. The Balaban J connectivity index is 1.96. The Morgan fingerprint density at radius 3 is 2.62 bits per heavy atom. The lowest BCUT2D eigenvalue weighted by atomic mass is 9.98. The molecule has 3 heterocycles. The van der Waals surface area contributed by atoms with Crippen LogP contribution in [0.4, 0.5) is 5.82 Å². The number of hydrogen-bond donors (Lipinski definition) is 0. The molecule has 4 rings (SSSR count). The summed E-state index contributed by atoms with van der Waals surface area (Å²) in [5, 5.41) is 1.03. The Morgan fingerprint density at radius 2 is 1.97 bits per heavy atom. The molecule has 0 radical (unpaired) electrons. The van der Waals surface area contributed by atoms with Gasteiger partial charge < -0.3 is 9.80 Å². The van der Waals surface area contributed by atoms with Crippen molar-refractivity contribution < 1.29 is 4.79 Å². The van der Waals surface area contributed by atoms with E-state index in [-0.39, 0.29) is 28.0 Å². The Labute approximate surface area is 208 Å². The van der Waals surface area contributed by atoms with Crippen LogP contribution >= 0.6 is 23.2 Å². The van der Waals surface area contributed by atoms with Crippen LogP contribution in [-0.4, -0.2) is 51.0 Å². The largest absolute Gasteiger partial charge is 0.355 e. The number of rotatable bonds is 4. The molecule has 0 N–H and O–H groups in total. The smallest absolute Gasteiger partial charge is 0.350 e. The van der Waals surface area contributed by atoms with Crippen molar-refractivity contribution in [2.75, 3.05) is 24.5 Å². The molecule has 0 spiro atoms. The maximum atomic E-state index is 13.6. The summed E-state index contributed by atoms with van der Waals surface area (Å²) in [5.74, 6) is 0.548. The van der Waals surface area contributed by atoms with Crippen molar-refractivity contribution in [2.45, 2.75) is 39.7 Å². The molecule has 1 saturated heterocycles. The lowest BCUT2D eigenvalue weighted by Gasteiger charge is -2.40. The first-order chi connectivity index (χ1) is 16.1. The predicted molar refractivity (Wildman–Crippen MR) is 138 cm³/mol. The number of halogens is 2. The minimum atomic E-state index is -0.443. The molecule has 178 valence electrons. The van der Waals surface area contributed by atoms with E-state index in [9.17, 15) is 9.59 Å². The molecule has 0 bridgehead atoms. The fraction of sp³-hybridized carbons (Fsp3) is 0.360. The SMILES string of the molecule is C=CC(=O)N1CCN(c2nc(=O)n(-c3c(C)cccc3C(C)C)c3nc(Cl)c(Cl)cc23)[C@@H](C)C1. The molecule has 2 aromatic heterocycles. The number of carbonyl (C=O) groups excluding carboxylic acids is 1. The molecule has 1 amide bonds. The minimum absolute atomic E-state index is 0.0808. The third-order valence-electron chi connectivity index (χ3n) is 6.26. The van der Waals surface area contributed by atoms with Crippen LogP contribution in [0.15, 0.2) is 41.7 Å². The normalized spacial score (nSPS) is 16.4. The van der Waals surface area contributed by atoms with E-state index in [1.54, 1.807) is 11.0 Å². The van der Waals surface area contributed by atoms with Crippen LogP contribution in [-0.2, 0) is 4.79 Å². The molecule has 9 heteroatoms. The third-order valence-corrected chi connectivity index (χ3v) is 6.93. The molecule has 1 aliphatic rings. The van der Waals surface area contributed by atoms with E-state index in [0.29, 0.717) is 36.5 Å². The van der Waals surface area contributed by atoms with Crippen molar-refractivity contribution in [3.8, 4) is 5.69 Å². The average Bonchev–Trinajstić information content (AvgIpc) is 2.79. The number of benzene rings is 1. The number of nitrogens with zero attached hydrogens (tertiary/aromatic N) is 5. The van der Waals surface area contributed by atoms with Crippen LogP contribution in [0.25, 0.3) is 16.7 Å². The molecule has 1 fully saturated rings. The van der Waals surface area contributed by atoms with Gasteiger partial charge in [0.1, 0.15) is 11.0 Å². The zero-order chi connectivity index (χ0) is 24.7. The van der Waals surface area contributed by atoms with Crippen molar-refractivity contribution >= 4 is 46.0 Å². The summed E-state index contributed by atoms with van der Waals surface area (Å²) in [7, 11) is 0. The Morgan fingerprint density at radius 1 is 1.24 bits per heavy atom. The molecule has 1 atom stereocenters. The Hall–Kier alpha value is -2.90. The first-order valence-electron chi connectivity index (χ1n) is 11.2. The second-order valence-electron chi connectivity index (χ2n) is 8.88. The number of hydrogen-bond acceptors (Lipinski definition) is 5. The number of carbonyl (C=O) groups is 1. The van der Waals surface area contributed by atoms with Gasteiger partial charge in [-0.05, 0) is 43.0 Å². The number of aromatic nitrogens is 3. The van der Waals surface area contributed by atoms with Crippen molar-refractivity contribution in [3.63, 3.8) is 0 Å². The second-order valence-corrected chi connectivity index (χ2v) is 9.65. The van der Waals surface area contributed by atoms with E-state index in [1.165, 1.54) is 10.6 Å². The third kappa shape index (κ3) is 4.18. The predicted octanol–water partition coefficient (Wildman–Crippen LogP) is 4.74. The van der Waals surface area contributed by atoms with E-state index in [2.05, 4.69) is 30.4 Å². The summed E-state index contributed by atoms with van der Waals surface area (Å²) >= 11 is 12.7. The molecule has 7 nitrogen and oxygen atoms in total. The van der Waals surface area contributed by atoms with E-state index < -0.39 is 5.69 Å². The maximum Gasteiger partial charge on any atom is 0.355 e. The molecular weight excluding hydrogens is 473 g/mol. The van der Waals surface area contributed by atoms with Crippen LogP contribution in [0.3, 0.4) is 0 Å². The van der Waals surface area contributed by atoms with Gasteiger partial charge in [-0.25, -0.2) is 14.3 Å². The van der Waals surface area contributed by atoms with E-state index in [1.807, 2.05) is 36.9 Å². The summed E-state index contributed by atoms with van der Waals surface area (Å²) in [6, 6.07) is 7.58. The average molecular weight is 500 g/mol. The molecule has 0 saturated carbocycles. The van der Waals surface area contributed by atoms with Crippen molar-refractivity contribution in [1.29, 1.82) is 0 Å². The summed E-state index contributed by atoms with van der Waals surface area (Å²) in [4.78, 5) is 38.5. The summed E-state index contributed by atoms with van der Waals surface area (Å²) in [6.07, 6.45) is 1.32. The molecule has 0 unspecified atom stereocenters. The fourth-order valence-corrected chi connectivity index (χ4v) is 4.84. The van der Waals surface area contributed by atoms with Gasteiger partial charge in [0.2, 0.25) is 5.91 Å². The molecule has 0 aliphatic carbocycles. The van der Waals surface area contributed by atoms with E-state index in [4.69, 9.17) is 23.2 Å². The number of piperazine rings is 1. The first-order valence-corrected chi connectivity index (χ1v) is 12.0. The van der Waals surface area contributed by atoms with Crippen molar-refractivity contribution in [2.24, 2.45) is 0 Å². The fourth-order valence-electron chi connectivity index (χ4n) is 4.56. The van der Waals surface area contributed by atoms with Crippen molar-refractivity contribution in [1.82, 2.24) is 19.4 Å². The number of amides is 1. The highest BCUT2D eigenvalue weighted by molar-refractivity contribution is 6.41. The lowest BCUT2D eigenvalue weighted by molar-refractivity contribution is -0.126. The number of pyridine rings is 1. The minimum Gasteiger partial charge on any atom is -0.350 e. The highest BCUT2D eigenvalue weighted by Crippen LogP contribution is 2.34. The Kier molecular flexibility index (Phi) is 6.69. The van der Waals surface area contributed by atoms with Gasteiger partial charge in [0, 0.05) is 25.7 Å². The van der Waals surface area contributed by atoms with Gasteiger partial charge in [-0.1, -0.05) is 61.8 Å². The van der Waals surface area contributed by atoms with Crippen LogP contribution in [0.2, 0.25) is 10.2 Å². The quantitative estimate of drug-likeness (QED) is 0.382. The van der Waals surface area contributed by atoms with E-state index >= 15 is 0 Å². The number of aryl methyl sites for hydroxylation is 1. The van der Waals surface area contributed by atoms with Gasteiger partial charge in [-0.15, -0.1) is 0 Å². The van der Waals surface area contributed by atoms with Crippen molar-refractivity contribution in [3.05, 3.63) is 68.7 Å². The van der Waals surface area contributed by atoms with Gasteiger partial charge >= 0.3 is 5.69 Å². The molecule has 34 heavy (non-hydrogen) atoms. The molecule has 1 aliphatic heterocycles. The zero-order valence-electron chi connectivity index (χ0n) is 19.7. The number of anilines is 1. The van der Waals surface area contributed by atoms with Gasteiger partial charge in [0.15, 0.2) is 5.65 Å². The topological polar surface area (TPSA) is 71.3 Å². The number of para-hydroxylation sites is 1. The van der Waals surface area contributed by atoms with Gasteiger partial charge in [-0.3, -0.25) is 4.79 Å². The second kappa shape index (κ2) is 9.39. The number of fused-ring (bicyclic) bond motifs is 1. The van der Waals surface area contributed by atoms with Crippen LogP contribution in [0.5, 0.6) is 0 Å². The van der Waals surface area contributed by atoms with E-state index in [0.717, 1.165) is 16.8 Å². The van der Waals surface area contributed by atoms with Crippen LogP contribution < -0.4 is 10.6 Å². The lowest BCUT2D eigenvalue weighted by Crippen LogP contribution is -2.54. The summed E-state index contributed by atoms with van der Waals surface area (Å²) < 4.78 is 1.54. The highest BCUT2D eigenvalue weighted by Gasteiger charge is 2.30. The van der Waals surface area contributed by atoms with Crippen LogP contribution in [0, 0.1) is 6.92 Å². The summed E-state index contributed by atoms with van der Waals surface area (Å²) in [5.41, 5.74) is 2.66. The summed E-state index contributed by atoms with van der Waals surface area (Å²) in [6.45, 7) is 13.2. The molecule has 1 aromatic carbocycles. The maximum absolute atomic E-state index is 13.6. The van der Waals surface area contributed by atoms with Gasteiger partial charge in [0.25, 0.3) is 0 Å². The zero-order valence-corrected chi connectivity index (χ0v) is 21.2. The Bertz CT molecular complexity index is 1350. The van der Waals surface area contributed by atoms with Gasteiger partial charge in [0.05, 0.1) is 16.1 Å². The molecular formula is C25H27Cl2N5O2. The monoisotopic (exact) mass is 499 g/mol. The first kappa shape index (κ1) is 24.2. The standard InChI is InChI=1S/C25H27Cl2N5O2/c1-6-20(33)30-10-11-31(16(5)13-30)23-18-12-19(26)22(27)28-24(18)32(25(34)29-23)21-15(4)8-7-9-17(21)14(2)3/h6-9,12,14,16H,1,10-11,13H2,2-5H3/t16-/m0/s1. The molecule has 3 aromatic rings.